The molecule has 0 atom stereocenters. The molecule has 0 bridgehead atoms. The highest BCUT2D eigenvalue weighted by Crippen LogP contribution is 2.15. The normalized spacial score (nSPS) is 9.62. The second-order valence-electron chi connectivity index (χ2n) is 2.83. The number of amides is 2. The van der Waals surface area contributed by atoms with E-state index in [1.54, 1.807) is 12.3 Å². The Morgan fingerprint density at radius 1 is 1.56 bits per heavy atom. The summed E-state index contributed by atoms with van der Waals surface area (Å²) >= 11 is 1.26. The lowest BCUT2D eigenvalue weighted by Crippen LogP contribution is -2.24. The van der Waals surface area contributed by atoms with Crippen LogP contribution in [0.5, 0.6) is 0 Å². The maximum Gasteiger partial charge on any atom is 0.320 e. The molecule has 1 heterocycles. The summed E-state index contributed by atoms with van der Waals surface area (Å²) in [7, 11) is 1.52. The number of urea groups is 1. The third-order valence-corrected chi connectivity index (χ3v) is 2.44. The van der Waals surface area contributed by atoms with Gasteiger partial charge in [-0.3, -0.25) is 10.1 Å². The Hall–Kier alpha value is -1.63. The number of nitrogens with zero attached hydrogens (tertiary/aromatic N) is 1. The van der Waals surface area contributed by atoms with E-state index in [0.29, 0.717) is 17.4 Å². The average Bonchev–Trinajstić information content (AvgIpc) is 2.65. The van der Waals surface area contributed by atoms with Gasteiger partial charge in [0.2, 0.25) is 0 Å². The minimum atomic E-state index is -0.336. The van der Waals surface area contributed by atoms with Gasteiger partial charge in [0.05, 0.1) is 18.7 Å². The predicted octanol–water partition coefficient (Wildman–Crippen LogP) is 1.00. The van der Waals surface area contributed by atoms with Crippen molar-refractivity contribution in [2.45, 2.75) is 13.3 Å². The zero-order chi connectivity index (χ0) is 12.0. The van der Waals surface area contributed by atoms with Crippen molar-refractivity contribution in [3.63, 3.8) is 0 Å². The van der Waals surface area contributed by atoms with Crippen LogP contribution in [-0.2, 0) is 16.0 Å². The zero-order valence-electron chi connectivity index (χ0n) is 9.07. The Morgan fingerprint density at radius 3 is 2.94 bits per heavy atom. The highest BCUT2D eigenvalue weighted by Gasteiger charge is 2.09. The molecule has 0 radical (unpaired) electrons. The Bertz CT molecular complexity index is 378. The largest absolute Gasteiger partial charge is 0.466 e. The van der Waals surface area contributed by atoms with E-state index in [1.165, 1.54) is 18.4 Å². The van der Waals surface area contributed by atoms with Crippen molar-refractivity contribution in [1.29, 1.82) is 0 Å². The Balaban J connectivity index is 2.51. The summed E-state index contributed by atoms with van der Waals surface area (Å²) in [5.74, 6) is -0.320. The molecule has 1 aromatic heterocycles. The van der Waals surface area contributed by atoms with Crippen LogP contribution in [0.4, 0.5) is 9.93 Å². The molecular weight excluding hydrogens is 230 g/mol. The highest BCUT2D eigenvalue weighted by molar-refractivity contribution is 7.13. The van der Waals surface area contributed by atoms with Crippen molar-refractivity contribution in [3.05, 3.63) is 11.1 Å². The first-order chi connectivity index (χ1) is 7.65. The fourth-order valence-corrected chi connectivity index (χ4v) is 1.67. The Kier molecular flexibility index (Phi) is 4.71. The molecule has 0 spiro atoms. The number of esters is 1. The second kappa shape index (κ2) is 6.06. The Morgan fingerprint density at radius 2 is 2.31 bits per heavy atom. The van der Waals surface area contributed by atoms with Crippen LogP contribution in [0.1, 0.15) is 12.6 Å². The quantitative estimate of drug-likeness (QED) is 0.773. The molecule has 0 aliphatic rings. The highest BCUT2D eigenvalue weighted by atomic mass is 32.1. The first-order valence-corrected chi connectivity index (χ1v) is 5.62. The van der Waals surface area contributed by atoms with Crippen LogP contribution in [-0.4, -0.2) is 30.6 Å². The van der Waals surface area contributed by atoms with Crippen LogP contribution >= 0.6 is 11.3 Å². The first-order valence-electron chi connectivity index (χ1n) is 4.74. The number of hydrogen-bond acceptors (Lipinski definition) is 5. The molecule has 0 saturated heterocycles. The van der Waals surface area contributed by atoms with Gasteiger partial charge in [-0.2, -0.15) is 0 Å². The molecule has 1 aromatic rings. The molecule has 0 saturated carbocycles. The van der Waals surface area contributed by atoms with Crippen molar-refractivity contribution >= 4 is 28.5 Å². The molecule has 0 unspecified atom stereocenters. The van der Waals surface area contributed by atoms with Crippen LogP contribution in [0.2, 0.25) is 0 Å². The molecule has 0 fully saturated rings. The summed E-state index contributed by atoms with van der Waals surface area (Å²) in [4.78, 5) is 26.2. The molecule has 6 nitrogen and oxygen atoms in total. The van der Waals surface area contributed by atoms with E-state index in [0.717, 1.165) is 0 Å². The van der Waals surface area contributed by atoms with Crippen LogP contribution in [0.15, 0.2) is 5.38 Å². The lowest BCUT2D eigenvalue weighted by atomic mass is 10.3. The van der Waals surface area contributed by atoms with Crippen LogP contribution in [0, 0.1) is 0 Å². The first kappa shape index (κ1) is 12.4. The van der Waals surface area contributed by atoms with Gasteiger partial charge in [0.1, 0.15) is 0 Å². The van der Waals surface area contributed by atoms with Gasteiger partial charge < -0.3 is 10.1 Å². The van der Waals surface area contributed by atoms with E-state index in [2.05, 4.69) is 15.6 Å². The number of hydrogen-bond donors (Lipinski definition) is 2. The number of anilines is 1. The average molecular weight is 243 g/mol. The van der Waals surface area contributed by atoms with Gasteiger partial charge in [-0.15, -0.1) is 11.3 Å². The molecule has 88 valence electrons. The standard InChI is InChI=1S/C9H13N3O3S/c1-3-15-7(13)4-6-5-16-9(11-6)12-8(14)10-2/h5H,3-4H2,1-2H3,(H2,10,11,12,14). The lowest BCUT2D eigenvalue weighted by Gasteiger charge is -1.99. The fourth-order valence-electron chi connectivity index (χ4n) is 0.965. The van der Waals surface area contributed by atoms with E-state index < -0.39 is 0 Å². The van der Waals surface area contributed by atoms with Gasteiger partial charge in [-0.05, 0) is 6.92 Å². The summed E-state index contributed by atoms with van der Waals surface area (Å²) in [6, 6.07) is -0.336. The topological polar surface area (TPSA) is 80.3 Å². The van der Waals surface area contributed by atoms with Gasteiger partial charge in [0.15, 0.2) is 5.13 Å². The SMILES string of the molecule is CCOC(=O)Cc1csc(NC(=O)NC)n1. The number of carbonyl (C=O) groups is 2. The number of rotatable bonds is 4. The maximum absolute atomic E-state index is 11.1. The summed E-state index contributed by atoms with van der Waals surface area (Å²) < 4.78 is 4.78. The number of carbonyl (C=O) groups excluding carboxylic acids is 2. The second-order valence-corrected chi connectivity index (χ2v) is 3.69. The molecule has 2 amide bonds. The minimum absolute atomic E-state index is 0.125. The van der Waals surface area contributed by atoms with E-state index in [-0.39, 0.29) is 18.4 Å². The molecule has 7 heteroatoms. The zero-order valence-corrected chi connectivity index (χ0v) is 9.89. The maximum atomic E-state index is 11.1. The number of thiazole rings is 1. The molecule has 2 N–H and O–H groups in total. The minimum Gasteiger partial charge on any atom is -0.466 e. The van der Waals surface area contributed by atoms with E-state index in [9.17, 15) is 9.59 Å². The fraction of sp³-hybridized carbons (Fsp3) is 0.444. The van der Waals surface area contributed by atoms with Crippen LogP contribution in [0.25, 0.3) is 0 Å². The van der Waals surface area contributed by atoms with Crippen molar-refractivity contribution in [3.8, 4) is 0 Å². The Labute approximate surface area is 97.0 Å². The molecule has 0 aliphatic carbocycles. The van der Waals surface area contributed by atoms with Crippen molar-refractivity contribution < 1.29 is 14.3 Å². The molecular formula is C9H13N3O3S. The molecule has 0 aromatic carbocycles. The lowest BCUT2D eigenvalue weighted by molar-refractivity contribution is -0.142. The third-order valence-electron chi connectivity index (χ3n) is 1.63. The number of aromatic nitrogens is 1. The summed E-state index contributed by atoms with van der Waals surface area (Å²) in [5, 5.41) is 7.10. The van der Waals surface area contributed by atoms with E-state index in [1.807, 2.05) is 0 Å². The van der Waals surface area contributed by atoms with E-state index in [4.69, 9.17) is 4.74 Å². The van der Waals surface area contributed by atoms with Crippen LogP contribution < -0.4 is 10.6 Å². The summed E-state index contributed by atoms with van der Waals surface area (Å²) in [5.41, 5.74) is 0.592. The third kappa shape index (κ3) is 3.85. The molecule has 0 aliphatic heterocycles. The van der Waals surface area contributed by atoms with E-state index >= 15 is 0 Å². The monoisotopic (exact) mass is 243 g/mol. The van der Waals surface area contributed by atoms with Gasteiger partial charge >= 0.3 is 12.0 Å². The predicted molar refractivity (Wildman–Crippen MR) is 60.5 cm³/mol. The smallest absolute Gasteiger partial charge is 0.320 e. The van der Waals surface area contributed by atoms with Gasteiger partial charge in [-0.25, -0.2) is 9.78 Å². The molecule has 1 rings (SSSR count). The number of nitrogens with one attached hydrogen (secondary N) is 2. The summed E-state index contributed by atoms with van der Waals surface area (Å²) in [6.45, 7) is 2.10. The summed E-state index contributed by atoms with van der Waals surface area (Å²) in [6.07, 6.45) is 0.125. The van der Waals surface area contributed by atoms with Gasteiger partial charge in [0, 0.05) is 12.4 Å². The molecule has 16 heavy (non-hydrogen) atoms. The van der Waals surface area contributed by atoms with Crippen molar-refractivity contribution in [1.82, 2.24) is 10.3 Å². The van der Waals surface area contributed by atoms with Gasteiger partial charge in [0.25, 0.3) is 0 Å². The van der Waals surface area contributed by atoms with Gasteiger partial charge in [-0.1, -0.05) is 0 Å². The van der Waals surface area contributed by atoms with Crippen molar-refractivity contribution in [2.75, 3.05) is 19.0 Å². The van der Waals surface area contributed by atoms with Crippen LogP contribution in [0.3, 0.4) is 0 Å². The number of ether oxygens (including phenoxy) is 1. The van der Waals surface area contributed by atoms with Crippen molar-refractivity contribution in [2.24, 2.45) is 0 Å².